The number of rotatable bonds is 3. The van der Waals surface area contributed by atoms with Crippen LogP contribution in [-0.4, -0.2) is 11.1 Å². The molecule has 0 saturated heterocycles. The largest absolute Gasteiger partial charge is 0.621 e. The average Bonchev–Trinajstić information content (AvgIpc) is 2.70. The van der Waals surface area contributed by atoms with Gasteiger partial charge in [-0.05, 0) is 5.56 Å². The summed E-state index contributed by atoms with van der Waals surface area (Å²) in [5.41, 5.74) is 2.21. The van der Waals surface area contributed by atoms with Crippen LogP contribution in [0.25, 0.3) is 0 Å². The van der Waals surface area contributed by atoms with E-state index in [-0.39, 0.29) is 6.10 Å². The highest BCUT2D eigenvalue weighted by atomic mass is 16.6. The minimum Gasteiger partial charge on any atom is -0.621 e. The molecule has 0 N–H and O–H groups in total. The molecule has 124 valence electrons. The van der Waals surface area contributed by atoms with Crippen molar-refractivity contribution in [1.29, 1.82) is 0 Å². The minimum absolute atomic E-state index is 0.174. The summed E-state index contributed by atoms with van der Waals surface area (Å²) in [6, 6.07) is 29.9. The molecule has 3 aromatic rings. The van der Waals surface area contributed by atoms with E-state index in [1.165, 1.54) is 6.40 Å². The Morgan fingerprint density at radius 1 is 0.760 bits per heavy atom. The third-order valence-electron chi connectivity index (χ3n) is 4.85. The summed E-state index contributed by atoms with van der Waals surface area (Å²) >= 11 is 0. The Morgan fingerprint density at radius 3 is 1.76 bits per heavy atom. The Balaban J connectivity index is 1.88. The zero-order chi connectivity index (χ0) is 17.1. The fourth-order valence-corrected chi connectivity index (χ4v) is 3.57. The molecule has 0 radical (unpaired) electrons. The summed E-state index contributed by atoms with van der Waals surface area (Å²) in [5, 5.41) is 13.0. The lowest BCUT2D eigenvalue weighted by Gasteiger charge is -2.38. The third-order valence-corrected chi connectivity index (χ3v) is 4.85. The molecular weight excluding hydrogens is 310 g/mol. The monoisotopic (exact) mass is 329 g/mol. The lowest BCUT2D eigenvalue weighted by molar-refractivity contribution is -0.562. The van der Waals surface area contributed by atoms with Gasteiger partial charge in [0.15, 0.2) is 0 Å². The van der Waals surface area contributed by atoms with Crippen molar-refractivity contribution < 1.29 is 9.48 Å². The van der Waals surface area contributed by atoms with Gasteiger partial charge in [-0.15, -0.1) is 0 Å². The van der Waals surface area contributed by atoms with Crippen LogP contribution in [0.4, 0.5) is 0 Å². The van der Waals surface area contributed by atoms with Crippen LogP contribution in [-0.2, 0) is 10.3 Å². The van der Waals surface area contributed by atoms with Crippen molar-refractivity contribution in [2.24, 2.45) is 0 Å². The van der Waals surface area contributed by atoms with E-state index in [4.69, 9.17) is 4.74 Å². The maximum Gasteiger partial charge on any atom is 0.336 e. The molecule has 0 saturated carbocycles. The van der Waals surface area contributed by atoms with Gasteiger partial charge in [-0.1, -0.05) is 91.0 Å². The van der Waals surface area contributed by atoms with Gasteiger partial charge in [0.1, 0.15) is 6.10 Å². The van der Waals surface area contributed by atoms with Crippen LogP contribution in [0.2, 0.25) is 0 Å². The Bertz CT molecular complexity index is 821. The predicted octanol–water partition coefficient (Wildman–Crippen LogP) is 4.63. The lowest BCUT2D eigenvalue weighted by Crippen LogP contribution is -2.43. The van der Waals surface area contributed by atoms with Crippen molar-refractivity contribution in [1.82, 2.24) is 0 Å². The molecule has 1 aliphatic rings. The molecule has 3 heteroatoms. The molecule has 1 unspecified atom stereocenters. The highest BCUT2D eigenvalue weighted by Gasteiger charge is 2.48. The molecule has 0 amide bonds. The van der Waals surface area contributed by atoms with Gasteiger partial charge in [0.25, 0.3) is 0 Å². The Kier molecular flexibility index (Phi) is 3.98. The molecule has 0 aromatic heterocycles. The van der Waals surface area contributed by atoms with E-state index in [2.05, 4.69) is 0 Å². The number of hydrogen-bond donors (Lipinski definition) is 0. The van der Waals surface area contributed by atoms with Crippen molar-refractivity contribution in [3.8, 4) is 0 Å². The van der Waals surface area contributed by atoms with Crippen LogP contribution in [0, 0.1) is 5.21 Å². The van der Waals surface area contributed by atoms with E-state index in [9.17, 15) is 5.21 Å². The summed E-state index contributed by atoms with van der Waals surface area (Å²) in [5.74, 6) is 0. The zero-order valence-corrected chi connectivity index (χ0v) is 13.8. The summed E-state index contributed by atoms with van der Waals surface area (Å²) in [6.07, 6.45) is 1.69. The van der Waals surface area contributed by atoms with Crippen molar-refractivity contribution in [2.45, 2.75) is 18.1 Å². The van der Waals surface area contributed by atoms with E-state index in [1.54, 1.807) is 0 Å². The second-order valence-electron chi connectivity index (χ2n) is 6.26. The van der Waals surface area contributed by atoms with Crippen molar-refractivity contribution in [2.75, 3.05) is 0 Å². The van der Waals surface area contributed by atoms with Gasteiger partial charge in [0.05, 0.1) is 6.42 Å². The van der Waals surface area contributed by atoms with Crippen molar-refractivity contribution >= 4 is 6.40 Å². The molecule has 0 spiro atoms. The quantitative estimate of drug-likeness (QED) is 0.519. The molecule has 0 fully saturated rings. The maximum absolute atomic E-state index is 13.0. The fourth-order valence-electron chi connectivity index (χ4n) is 3.57. The van der Waals surface area contributed by atoms with Gasteiger partial charge in [0.2, 0.25) is 5.54 Å². The number of nitrogens with zero attached hydrogens (tertiary/aromatic N) is 1. The van der Waals surface area contributed by atoms with Crippen LogP contribution in [0.3, 0.4) is 0 Å². The first-order valence-corrected chi connectivity index (χ1v) is 8.42. The molecule has 1 atom stereocenters. The van der Waals surface area contributed by atoms with E-state index in [0.717, 1.165) is 21.4 Å². The van der Waals surface area contributed by atoms with Gasteiger partial charge < -0.3 is 9.94 Å². The first kappa shape index (κ1) is 15.5. The first-order chi connectivity index (χ1) is 12.3. The summed E-state index contributed by atoms with van der Waals surface area (Å²) in [6.45, 7) is 0. The maximum atomic E-state index is 13.0. The van der Waals surface area contributed by atoms with Crippen LogP contribution in [0.15, 0.2) is 91.0 Å². The molecule has 0 bridgehead atoms. The summed E-state index contributed by atoms with van der Waals surface area (Å²) in [4.78, 5) is 0. The second-order valence-corrected chi connectivity index (χ2v) is 6.26. The average molecular weight is 329 g/mol. The SMILES string of the molecule is [O-][N+]1=COC(c2ccccc2)CC1(c1ccccc1)c1ccccc1. The zero-order valence-electron chi connectivity index (χ0n) is 13.8. The third kappa shape index (κ3) is 2.68. The standard InChI is InChI=1S/C22H19NO2/c24-23-17-25-21(18-10-4-1-5-11-18)16-22(23,19-12-6-2-7-13-19)20-14-8-3-9-15-20/h1-15,17,21H,16H2. The van der Waals surface area contributed by atoms with Gasteiger partial charge in [0, 0.05) is 11.1 Å². The van der Waals surface area contributed by atoms with Crippen LogP contribution in [0.5, 0.6) is 0 Å². The molecule has 25 heavy (non-hydrogen) atoms. The Morgan fingerprint density at radius 2 is 1.24 bits per heavy atom. The number of hydrogen-bond acceptors (Lipinski definition) is 2. The topological polar surface area (TPSA) is 35.3 Å². The Labute approximate surface area is 147 Å². The van der Waals surface area contributed by atoms with Crippen molar-refractivity contribution in [3.05, 3.63) is 113 Å². The molecule has 0 aliphatic carbocycles. The van der Waals surface area contributed by atoms with E-state index in [1.807, 2.05) is 91.0 Å². The van der Waals surface area contributed by atoms with Crippen LogP contribution >= 0.6 is 0 Å². The highest BCUT2D eigenvalue weighted by molar-refractivity contribution is 5.47. The smallest absolute Gasteiger partial charge is 0.336 e. The second kappa shape index (κ2) is 6.44. The molecular formula is C22H19NO2. The molecule has 3 aromatic carbocycles. The van der Waals surface area contributed by atoms with Gasteiger partial charge >= 0.3 is 6.40 Å². The fraction of sp³-hybridized carbons (Fsp3) is 0.136. The normalized spacial score (nSPS) is 18.9. The summed E-state index contributed by atoms with van der Waals surface area (Å²) in [7, 11) is 0. The lowest BCUT2D eigenvalue weighted by atomic mass is 9.77. The Hall–Kier alpha value is -3.07. The predicted molar refractivity (Wildman–Crippen MR) is 98.2 cm³/mol. The summed E-state index contributed by atoms with van der Waals surface area (Å²) < 4.78 is 6.72. The first-order valence-electron chi connectivity index (χ1n) is 8.42. The molecule has 3 nitrogen and oxygen atoms in total. The van der Waals surface area contributed by atoms with E-state index >= 15 is 0 Å². The van der Waals surface area contributed by atoms with Gasteiger partial charge in [-0.25, -0.2) is 0 Å². The van der Waals surface area contributed by atoms with Gasteiger partial charge in [-0.3, -0.25) is 0 Å². The highest BCUT2D eigenvalue weighted by Crippen LogP contribution is 2.43. The minimum atomic E-state index is -0.804. The number of benzene rings is 3. The van der Waals surface area contributed by atoms with Crippen LogP contribution in [0.1, 0.15) is 29.2 Å². The number of ether oxygens (including phenoxy) is 1. The van der Waals surface area contributed by atoms with Crippen LogP contribution < -0.4 is 0 Å². The van der Waals surface area contributed by atoms with Crippen molar-refractivity contribution in [3.63, 3.8) is 0 Å². The van der Waals surface area contributed by atoms with Gasteiger partial charge in [-0.2, -0.15) is 4.74 Å². The molecule has 1 aliphatic heterocycles. The van der Waals surface area contributed by atoms with E-state index in [0.29, 0.717) is 6.42 Å². The molecule has 1 heterocycles. The molecule has 4 rings (SSSR count). The number of hydroxylamine groups is 1. The van der Waals surface area contributed by atoms with E-state index < -0.39 is 5.54 Å².